The lowest BCUT2D eigenvalue weighted by molar-refractivity contribution is 0.0265. The maximum absolute atomic E-state index is 11.4. The number of carbonyl (C=O) groups is 2. The molecule has 8 nitrogen and oxygen atoms in total. The van der Waals surface area contributed by atoms with Crippen molar-refractivity contribution >= 4 is 12.2 Å². The van der Waals surface area contributed by atoms with E-state index in [1.807, 2.05) is 32.9 Å². The predicted molar refractivity (Wildman–Crippen MR) is 96.8 cm³/mol. The molecule has 1 fully saturated rings. The fourth-order valence-electron chi connectivity index (χ4n) is 2.20. The van der Waals surface area contributed by atoms with E-state index in [2.05, 4.69) is 0 Å². The maximum Gasteiger partial charge on any atom is 0.410 e. The van der Waals surface area contributed by atoms with Crippen molar-refractivity contribution in [2.45, 2.75) is 65.0 Å². The highest BCUT2D eigenvalue weighted by molar-refractivity contribution is 5.69. The summed E-state index contributed by atoms with van der Waals surface area (Å²) in [6.07, 6.45) is 1.49. The minimum atomic E-state index is -0.859. The van der Waals surface area contributed by atoms with Gasteiger partial charge in [-0.05, 0) is 41.5 Å². The number of carbonyl (C=O) groups excluding carboxylic acids is 2. The summed E-state index contributed by atoms with van der Waals surface area (Å²) >= 11 is 0. The third kappa shape index (κ3) is 8.05. The predicted octanol–water partition coefficient (Wildman–Crippen LogP) is 1.75. The molecule has 2 rings (SSSR count). The molecule has 2 aliphatic rings. The van der Waals surface area contributed by atoms with E-state index < -0.39 is 23.9 Å². The second-order valence-electron chi connectivity index (χ2n) is 8.38. The van der Waals surface area contributed by atoms with E-state index in [1.165, 1.54) is 4.90 Å². The van der Waals surface area contributed by atoms with Crippen molar-refractivity contribution in [3.8, 4) is 0 Å². The molecule has 0 aromatic carbocycles. The molecule has 2 N–H and O–H groups in total. The van der Waals surface area contributed by atoms with Crippen LogP contribution in [0.1, 0.15) is 41.5 Å². The van der Waals surface area contributed by atoms with Crippen LogP contribution in [0.5, 0.6) is 0 Å². The normalized spacial score (nSPS) is 22.8. The highest BCUT2D eigenvalue weighted by atomic mass is 16.6. The average Bonchev–Trinajstić information content (AvgIpc) is 3.07. The molecule has 0 aromatic heterocycles. The fraction of sp³-hybridized carbons (Fsp3) is 0.778. The molecule has 0 spiro atoms. The van der Waals surface area contributed by atoms with E-state index in [0.29, 0.717) is 13.1 Å². The van der Waals surface area contributed by atoms with Gasteiger partial charge in [-0.25, -0.2) is 9.59 Å². The molecule has 0 saturated carbocycles. The summed E-state index contributed by atoms with van der Waals surface area (Å²) < 4.78 is 10.3. The molecule has 0 bridgehead atoms. The van der Waals surface area contributed by atoms with Crippen LogP contribution in [0.15, 0.2) is 12.2 Å². The Balaban J connectivity index is 0.000000263. The van der Waals surface area contributed by atoms with E-state index >= 15 is 0 Å². The number of aliphatic hydroxyl groups is 2. The summed E-state index contributed by atoms with van der Waals surface area (Å²) in [7, 11) is 0. The number of hydrogen-bond acceptors (Lipinski definition) is 6. The Morgan fingerprint density at radius 1 is 0.808 bits per heavy atom. The highest BCUT2D eigenvalue weighted by Gasteiger charge is 2.34. The summed E-state index contributed by atoms with van der Waals surface area (Å²) in [6.45, 7) is 12.5. The molecule has 1 saturated heterocycles. The van der Waals surface area contributed by atoms with Crippen molar-refractivity contribution in [2.75, 3.05) is 26.2 Å². The van der Waals surface area contributed by atoms with Gasteiger partial charge in [0.15, 0.2) is 0 Å². The topological polar surface area (TPSA) is 99.5 Å². The molecule has 2 unspecified atom stereocenters. The van der Waals surface area contributed by atoms with Crippen molar-refractivity contribution in [1.29, 1.82) is 0 Å². The summed E-state index contributed by atoms with van der Waals surface area (Å²) in [6, 6.07) is 0. The van der Waals surface area contributed by atoms with Crippen LogP contribution in [0.25, 0.3) is 0 Å². The summed E-state index contributed by atoms with van der Waals surface area (Å²) in [4.78, 5) is 25.7. The Labute approximate surface area is 155 Å². The molecule has 150 valence electrons. The van der Waals surface area contributed by atoms with Crippen LogP contribution in [0.4, 0.5) is 9.59 Å². The molecule has 8 heteroatoms. The zero-order valence-electron chi connectivity index (χ0n) is 16.6. The van der Waals surface area contributed by atoms with E-state index in [-0.39, 0.29) is 24.8 Å². The molecule has 2 atom stereocenters. The highest BCUT2D eigenvalue weighted by Crippen LogP contribution is 2.15. The number of rotatable bonds is 0. The summed E-state index contributed by atoms with van der Waals surface area (Å²) in [5, 5.41) is 18.4. The fourth-order valence-corrected chi connectivity index (χ4v) is 2.20. The number of nitrogens with zero attached hydrogens (tertiary/aromatic N) is 2. The maximum atomic E-state index is 11.4. The second-order valence-corrected chi connectivity index (χ2v) is 8.38. The number of ether oxygens (including phenoxy) is 2. The molecule has 0 aliphatic carbocycles. The number of amides is 2. The van der Waals surface area contributed by atoms with Gasteiger partial charge in [-0.1, -0.05) is 12.2 Å². The number of hydrogen-bond donors (Lipinski definition) is 2. The van der Waals surface area contributed by atoms with Crippen LogP contribution in [-0.2, 0) is 9.47 Å². The number of aliphatic hydroxyl groups excluding tert-OH is 2. The van der Waals surface area contributed by atoms with Gasteiger partial charge in [-0.2, -0.15) is 0 Å². The minimum Gasteiger partial charge on any atom is -0.444 e. The molecule has 0 aromatic rings. The van der Waals surface area contributed by atoms with Crippen LogP contribution < -0.4 is 0 Å². The van der Waals surface area contributed by atoms with Gasteiger partial charge in [-0.3, -0.25) is 0 Å². The first kappa shape index (κ1) is 22.2. The van der Waals surface area contributed by atoms with Crippen LogP contribution in [-0.4, -0.2) is 81.8 Å². The standard InChI is InChI=1S/C9H17NO4.C9H15NO2/c1-9(2,3)14-8(13)10-4-6(11)7(12)5-10;1-9(2,3)12-8(11)10-6-4-5-7-10/h6-7,11-12H,4-5H2,1-3H3;4-5H,6-7H2,1-3H3. The Morgan fingerprint density at radius 3 is 1.50 bits per heavy atom. The summed E-state index contributed by atoms with van der Waals surface area (Å²) in [5.41, 5.74) is -0.935. The van der Waals surface area contributed by atoms with E-state index in [4.69, 9.17) is 9.47 Å². The van der Waals surface area contributed by atoms with Gasteiger partial charge in [0.1, 0.15) is 11.2 Å². The van der Waals surface area contributed by atoms with E-state index in [9.17, 15) is 19.8 Å². The van der Waals surface area contributed by atoms with Crippen LogP contribution in [0.2, 0.25) is 0 Å². The lowest BCUT2D eigenvalue weighted by Crippen LogP contribution is -2.36. The average molecular weight is 372 g/mol. The molecule has 2 heterocycles. The van der Waals surface area contributed by atoms with E-state index in [0.717, 1.165) is 0 Å². The van der Waals surface area contributed by atoms with Crippen molar-refractivity contribution in [1.82, 2.24) is 9.80 Å². The molecule has 0 radical (unpaired) electrons. The summed E-state index contributed by atoms with van der Waals surface area (Å²) in [5.74, 6) is 0. The first-order valence-corrected chi connectivity index (χ1v) is 8.75. The van der Waals surface area contributed by atoms with Crippen molar-refractivity contribution in [3.05, 3.63) is 12.2 Å². The lowest BCUT2D eigenvalue weighted by atomic mass is 10.2. The molecule has 2 aliphatic heterocycles. The Morgan fingerprint density at radius 2 is 1.15 bits per heavy atom. The van der Waals surface area contributed by atoms with Gasteiger partial charge in [0.25, 0.3) is 0 Å². The smallest absolute Gasteiger partial charge is 0.410 e. The van der Waals surface area contributed by atoms with Crippen molar-refractivity contribution in [2.24, 2.45) is 0 Å². The van der Waals surface area contributed by atoms with Gasteiger partial charge in [0.2, 0.25) is 0 Å². The molecule has 26 heavy (non-hydrogen) atoms. The van der Waals surface area contributed by atoms with Crippen molar-refractivity contribution in [3.63, 3.8) is 0 Å². The second kappa shape index (κ2) is 8.73. The van der Waals surface area contributed by atoms with Crippen LogP contribution >= 0.6 is 0 Å². The number of likely N-dealkylation sites (tertiary alicyclic amines) is 1. The molecular weight excluding hydrogens is 340 g/mol. The van der Waals surface area contributed by atoms with Crippen LogP contribution in [0, 0.1) is 0 Å². The first-order chi connectivity index (χ1) is 11.8. The first-order valence-electron chi connectivity index (χ1n) is 8.75. The largest absolute Gasteiger partial charge is 0.444 e. The Hall–Kier alpha value is -1.80. The monoisotopic (exact) mass is 372 g/mol. The zero-order valence-corrected chi connectivity index (χ0v) is 16.6. The Kier molecular flexibility index (Phi) is 7.46. The lowest BCUT2D eigenvalue weighted by Gasteiger charge is -2.24. The van der Waals surface area contributed by atoms with Gasteiger partial charge in [-0.15, -0.1) is 0 Å². The van der Waals surface area contributed by atoms with Gasteiger partial charge < -0.3 is 29.5 Å². The third-order valence-electron chi connectivity index (χ3n) is 3.38. The Bertz CT molecular complexity index is 503. The molecule has 2 amide bonds. The molecular formula is C18H32N2O6. The zero-order chi connectivity index (χ0) is 20.1. The van der Waals surface area contributed by atoms with Gasteiger partial charge >= 0.3 is 12.2 Å². The van der Waals surface area contributed by atoms with E-state index in [1.54, 1.807) is 25.7 Å². The van der Waals surface area contributed by atoms with Gasteiger partial charge in [0, 0.05) is 13.1 Å². The van der Waals surface area contributed by atoms with Crippen LogP contribution in [0.3, 0.4) is 0 Å². The quantitative estimate of drug-likeness (QED) is 0.629. The number of β-amino-alcohol motifs (C(OH)–C–C–N with tert-alkyl or cyclic N) is 2. The van der Waals surface area contributed by atoms with Crippen molar-refractivity contribution < 1.29 is 29.3 Å². The SMILES string of the molecule is CC(C)(C)OC(=O)N1CC(O)C(O)C1.CC(C)(C)OC(=O)N1CC=CC1. The minimum absolute atomic E-state index is 0.135. The third-order valence-corrected chi connectivity index (χ3v) is 3.38. The van der Waals surface area contributed by atoms with Gasteiger partial charge in [0.05, 0.1) is 25.3 Å².